The predicted octanol–water partition coefficient (Wildman–Crippen LogP) is 4.24. The van der Waals surface area contributed by atoms with E-state index in [2.05, 4.69) is 48.0 Å². The van der Waals surface area contributed by atoms with E-state index in [1.54, 1.807) is 11.1 Å². The second-order valence-corrected chi connectivity index (χ2v) is 9.57. The van der Waals surface area contributed by atoms with Crippen LogP contribution in [0.3, 0.4) is 0 Å². The topological polar surface area (TPSA) is 56.8 Å². The third-order valence-corrected chi connectivity index (χ3v) is 7.30. The van der Waals surface area contributed by atoms with Gasteiger partial charge in [-0.2, -0.15) is 0 Å². The molecule has 0 aliphatic carbocycles. The van der Waals surface area contributed by atoms with Crippen molar-refractivity contribution in [2.75, 3.05) is 36.0 Å². The smallest absolute Gasteiger partial charge is 0.259 e. The molecule has 33 heavy (non-hydrogen) atoms. The Labute approximate surface area is 198 Å². The third kappa shape index (κ3) is 4.20. The highest BCUT2D eigenvalue weighted by Crippen LogP contribution is 2.39. The Morgan fingerprint density at radius 3 is 2.76 bits per heavy atom. The van der Waals surface area contributed by atoms with Crippen LogP contribution in [0.1, 0.15) is 22.8 Å². The van der Waals surface area contributed by atoms with E-state index in [0.29, 0.717) is 24.3 Å². The number of aromatic nitrogens is 1. The lowest BCUT2D eigenvalue weighted by atomic mass is 10.1. The van der Waals surface area contributed by atoms with Crippen molar-refractivity contribution in [1.82, 2.24) is 9.88 Å². The fourth-order valence-electron chi connectivity index (χ4n) is 4.52. The van der Waals surface area contributed by atoms with Crippen LogP contribution in [-0.4, -0.2) is 53.9 Å². The second-order valence-electron chi connectivity index (χ2n) is 8.54. The molecule has 2 aliphatic rings. The summed E-state index contributed by atoms with van der Waals surface area (Å²) in [5.41, 5.74) is 3.70. The predicted molar refractivity (Wildman–Crippen MR) is 131 cm³/mol. The highest BCUT2D eigenvalue weighted by molar-refractivity contribution is 7.99. The summed E-state index contributed by atoms with van der Waals surface area (Å²) in [6, 6.07) is 19.8. The number of amides is 2. The number of anilines is 2. The maximum atomic E-state index is 13.5. The Morgan fingerprint density at radius 2 is 1.94 bits per heavy atom. The SMILES string of the molecule is Cc1cccc(N2CCN(C(=O)CN3C(=O)c4ccccc4Sc4ncccc43)CC2C)c1. The molecule has 7 heteroatoms. The van der Waals surface area contributed by atoms with Gasteiger partial charge in [-0.3, -0.25) is 14.5 Å². The van der Waals surface area contributed by atoms with Crippen LogP contribution in [-0.2, 0) is 4.79 Å². The number of benzene rings is 2. The van der Waals surface area contributed by atoms with Gasteiger partial charge in [0, 0.05) is 42.5 Å². The lowest BCUT2D eigenvalue weighted by Gasteiger charge is -2.42. The Bertz CT molecular complexity index is 1210. The number of hydrogen-bond acceptors (Lipinski definition) is 5. The minimum atomic E-state index is -0.162. The molecule has 2 amide bonds. The number of aryl methyl sites for hydroxylation is 1. The van der Waals surface area contributed by atoms with Crippen molar-refractivity contribution in [3.63, 3.8) is 0 Å². The van der Waals surface area contributed by atoms with Gasteiger partial charge in [0.15, 0.2) is 0 Å². The molecule has 3 heterocycles. The average molecular weight is 459 g/mol. The molecule has 1 aromatic heterocycles. The molecule has 2 aromatic carbocycles. The molecule has 1 atom stereocenters. The number of carbonyl (C=O) groups excluding carboxylic acids is 2. The summed E-state index contributed by atoms with van der Waals surface area (Å²) in [6.45, 7) is 6.26. The average Bonchev–Trinajstić information content (AvgIpc) is 2.93. The summed E-state index contributed by atoms with van der Waals surface area (Å²) in [4.78, 5) is 38.0. The summed E-state index contributed by atoms with van der Waals surface area (Å²) in [5.74, 6) is -0.206. The molecule has 1 unspecified atom stereocenters. The van der Waals surface area contributed by atoms with Crippen molar-refractivity contribution in [2.45, 2.75) is 29.8 Å². The summed E-state index contributed by atoms with van der Waals surface area (Å²) in [5, 5.41) is 0.737. The van der Waals surface area contributed by atoms with Gasteiger partial charge in [0.05, 0.1) is 11.3 Å². The van der Waals surface area contributed by atoms with E-state index in [9.17, 15) is 9.59 Å². The normalized spacial score (nSPS) is 17.9. The molecule has 1 fully saturated rings. The van der Waals surface area contributed by atoms with Gasteiger partial charge in [-0.05, 0) is 55.8 Å². The first-order valence-corrected chi connectivity index (χ1v) is 12.0. The minimum absolute atomic E-state index is 0.00356. The fraction of sp³-hybridized carbons (Fsp3) is 0.269. The van der Waals surface area contributed by atoms with E-state index >= 15 is 0 Å². The Morgan fingerprint density at radius 1 is 1.09 bits per heavy atom. The molecule has 6 nitrogen and oxygen atoms in total. The largest absolute Gasteiger partial charge is 0.365 e. The molecule has 1 saturated heterocycles. The van der Waals surface area contributed by atoms with Crippen LogP contribution in [0, 0.1) is 6.92 Å². The van der Waals surface area contributed by atoms with E-state index in [-0.39, 0.29) is 24.4 Å². The highest BCUT2D eigenvalue weighted by Gasteiger charge is 2.32. The molecular weight excluding hydrogens is 432 g/mol. The number of nitrogens with zero attached hydrogens (tertiary/aromatic N) is 4. The van der Waals surface area contributed by atoms with Crippen LogP contribution in [0.5, 0.6) is 0 Å². The monoisotopic (exact) mass is 458 g/mol. The Balaban J connectivity index is 1.36. The Hall–Kier alpha value is -3.32. The summed E-state index contributed by atoms with van der Waals surface area (Å²) < 4.78 is 0. The van der Waals surface area contributed by atoms with E-state index in [1.807, 2.05) is 41.3 Å². The van der Waals surface area contributed by atoms with Crippen LogP contribution in [0.4, 0.5) is 11.4 Å². The first-order valence-electron chi connectivity index (χ1n) is 11.2. The van der Waals surface area contributed by atoms with Crippen LogP contribution >= 0.6 is 11.8 Å². The van der Waals surface area contributed by atoms with Crippen molar-refractivity contribution in [3.05, 3.63) is 78.0 Å². The lowest BCUT2D eigenvalue weighted by Crippen LogP contribution is -2.56. The fourth-order valence-corrected chi connectivity index (χ4v) is 5.54. The van der Waals surface area contributed by atoms with Crippen LogP contribution < -0.4 is 9.80 Å². The van der Waals surface area contributed by atoms with Gasteiger partial charge in [-0.1, -0.05) is 36.0 Å². The highest BCUT2D eigenvalue weighted by atomic mass is 32.2. The molecule has 2 aliphatic heterocycles. The van der Waals surface area contributed by atoms with E-state index in [1.165, 1.54) is 23.0 Å². The number of hydrogen-bond donors (Lipinski definition) is 0. The van der Waals surface area contributed by atoms with Crippen molar-refractivity contribution in [3.8, 4) is 0 Å². The maximum Gasteiger partial charge on any atom is 0.259 e. The standard InChI is InChI=1S/C26H26N4O2S/c1-18-7-5-8-20(15-18)29-14-13-28(16-19(29)2)24(31)17-30-22-10-6-12-27-25(22)33-23-11-4-3-9-21(23)26(30)32/h3-12,15,19H,13-14,16-17H2,1-2H3. The molecular formula is C26H26N4O2S. The van der Waals surface area contributed by atoms with Gasteiger partial charge >= 0.3 is 0 Å². The van der Waals surface area contributed by atoms with Crippen LogP contribution in [0.15, 0.2) is 76.8 Å². The lowest BCUT2D eigenvalue weighted by molar-refractivity contribution is -0.130. The van der Waals surface area contributed by atoms with Gasteiger partial charge < -0.3 is 9.80 Å². The summed E-state index contributed by atoms with van der Waals surface area (Å²) in [6.07, 6.45) is 1.72. The number of fused-ring (bicyclic) bond motifs is 2. The van der Waals surface area contributed by atoms with Gasteiger partial charge in [-0.25, -0.2) is 4.98 Å². The molecule has 5 rings (SSSR count). The number of pyridine rings is 1. The molecule has 0 N–H and O–H groups in total. The number of piperazine rings is 1. The van der Waals surface area contributed by atoms with Crippen molar-refractivity contribution >= 4 is 35.0 Å². The molecule has 3 aromatic rings. The van der Waals surface area contributed by atoms with Gasteiger partial charge in [-0.15, -0.1) is 0 Å². The third-order valence-electron chi connectivity index (χ3n) is 6.22. The number of carbonyl (C=O) groups is 2. The molecule has 0 radical (unpaired) electrons. The van der Waals surface area contributed by atoms with Gasteiger partial charge in [0.1, 0.15) is 11.6 Å². The quantitative estimate of drug-likeness (QED) is 0.588. The van der Waals surface area contributed by atoms with Crippen LogP contribution in [0.2, 0.25) is 0 Å². The second kappa shape index (κ2) is 8.90. The molecule has 168 valence electrons. The summed E-state index contributed by atoms with van der Waals surface area (Å²) in [7, 11) is 0. The van der Waals surface area contributed by atoms with Crippen molar-refractivity contribution in [1.29, 1.82) is 0 Å². The van der Waals surface area contributed by atoms with Crippen LogP contribution in [0.25, 0.3) is 0 Å². The first kappa shape index (κ1) is 21.5. The summed E-state index contributed by atoms with van der Waals surface area (Å²) >= 11 is 1.47. The van der Waals surface area contributed by atoms with E-state index in [4.69, 9.17) is 0 Å². The zero-order valence-electron chi connectivity index (χ0n) is 18.8. The van der Waals surface area contributed by atoms with E-state index in [0.717, 1.165) is 16.5 Å². The first-order chi connectivity index (χ1) is 16.0. The molecule has 0 bridgehead atoms. The molecule has 0 spiro atoms. The van der Waals surface area contributed by atoms with Gasteiger partial charge in [0.25, 0.3) is 5.91 Å². The zero-order chi connectivity index (χ0) is 22.9. The van der Waals surface area contributed by atoms with Crippen molar-refractivity contribution < 1.29 is 9.59 Å². The molecule has 0 saturated carbocycles. The maximum absolute atomic E-state index is 13.5. The Kier molecular flexibility index (Phi) is 5.81. The van der Waals surface area contributed by atoms with Gasteiger partial charge in [0.2, 0.25) is 5.91 Å². The zero-order valence-corrected chi connectivity index (χ0v) is 19.6. The van der Waals surface area contributed by atoms with Crippen molar-refractivity contribution in [2.24, 2.45) is 0 Å². The number of rotatable bonds is 3. The van der Waals surface area contributed by atoms with E-state index < -0.39 is 0 Å². The minimum Gasteiger partial charge on any atom is -0.365 e.